The van der Waals surface area contributed by atoms with E-state index in [-0.39, 0.29) is 34.9 Å². The first kappa shape index (κ1) is 18.2. The Morgan fingerprint density at radius 2 is 2.14 bits per heavy atom. The Labute approximate surface area is 160 Å². The van der Waals surface area contributed by atoms with Crippen LogP contribution in [0, 0.1) is 12.7 Å². The van der Waals surface area contributed by atoms with Crippen LogP contribution in [0.5, 0.6) is 5.75 Å². The molecule has 3 heterocycles. The monoisotopic (exact) mass is 382 g/mol. The number of aromatic nitrogens is 2. The zero-order valence-corrected chi connectivity index (χ0v) is 15.7. The predicted octanol–water partition coefficient (Wildman–Crippen LogP) is 3.73. The van der Waals surface area contributed by atoms with Crippen LogP contribution in [0.1, 0.15) is 41.6 Å². The second-order valence-electron chi connectivity index (χ2n) is 7.05. The highest BCUT2D eigenvalue weighted by Crippen LogP contribution is 2.42. The minimum atomic E-state index is -1.34. The second-order valence-corrected chi connectivity index (χ2v) is 7.05. The van der Waals surface area contributed by atoms with Crippen LogP contribution in [0.2, 0.25) is 0 Å². The molecule has 2 aromatic heterocycles. The minimum absolute atomic E-state index is 0.00388. The molecule has 1 atom stereocenters. The summed E-state index contributed by atoms with van der Waals surface area (Å²) < 4.78 is 22.8. The largest absolute Gasteiger partial charge is 0.488 e. The second kappa shape index (κ2) is 6.44. The molecule has 1 N–H and O–H groups in total. The van der Waals surface area contributed by atoms with Crippen molar-refractivity contribution in [2.75, 3.05) is 6.61 Å². The quantitative estimate of drug-likeness (QED) is 0.747. The molecule has 0 spiro atoms. The summed E-state index contributed by atoms with van der Waals surface area (Å²) in [5, 5.41) is 9.37. The van der Waals surface area contributed by atoms with Crippen LogP contribution < -0.4 is 10.2 Å². The molecule has 4 rings (SSSR count). The number of halogens is 1. The Balaban J connectivity index is 2.14. The first-order chi connectivity index (χ1) is 13.3. The molecule has 0 amide bonds. The Kier molecular flexibility index (Phi) is 4.18. The number of hydrogen-bond donors (Lipinski definition) is 1. The van der Waals surface area contributed by atoms with E-state index < -0.39 is 17.2 Å². The number of pyridine rings is 2. The summed E-state index contributed by atoms with van der Waals surface area (Å²) in [5.41, 5.74) is 1.77. The third kappa shape index (κ3) is 2.66. The lowest BCUT2D eigenvalue weighted by Gasteiger charge is -2.28. The van der Waals surface area contributed by atoms with Crippen LogP contribution in [0.4, 0.5) is 4.39 Å². The third-order valence-electron chi connectivity index (χ3n) is 5.05. The number of ether oxygens (including phenoxy) is 1. The Hall–Kier alpha value is -3.22. The van der Waals surface area contributed by atoms with Gasteiger partial charge >= 0.3 is 5.97 Å². The first-order valence-corrected chi connectivity index (χ1v) is 9.07. The fraction of sp³-hybridized carbons (Fsp3) is 0.286. The van der Waals surface area contributed by atoms with Gasteiger partial charge < -0.3 is 14.4 Å². The Morgan fingerprint density at radius 3 is 2.82 bits per heavy atom. The lowest BCUT2D eigenvalue weighted by molar-refractivity contribution is 0.0694. The van der Waals surface area contributed by atoms with Crippen molar-refractivity contribution in [3.05, 3.63) is 57.4 Å². The number of nitrogens with zero attached hydrogens (tertiary/aromatic N) is 2. The number of rotatable bonds is 3. The highest BCUT2D eigenvalue weighted by atomic mass is 19.1. The molecule has 3 aromatic rings. The van der Waals surface area contributed by atoms with Crippen molar-refractivity contribution in [3.8, 4) is 16.9 Å². The standard InChI is InChI=1S/C21H19FN2O4/c1-4-13-6-12(5-10(2)23-13)17-16(22)7-14-18-20(17)28-9-11(3)24(18)8-15(19(14)25)21(26)27/h5-8,11H,4,9H2,1-3H3,(H,26,27)/t11-/m0/s1. The maximum absolute atomic E-state index is 15.2. The zero-order chi connectivity index (χ0) is 20.2. The van der Waals surface area contributed by atoms with Crippen molar-refractivity contribution in [3.63, 3.8) is 0 Å². The normalized spacial score (nSPS) is 15.5. The van der Waals surface area contributed by atoms with Gasteiger partial charge in [-0.3, -0.25) is 9.78 Å². The van der Waals surface area contributed by atoms with Gasteiger partial charge in [-0.1, -0.05) is 6.92 Å². The van der Waals surface area contributed by atoms with Crippen molar-refractivity contribution < 1.29 is 19.0 Å². The maximum Gasteiger partial charge on any atom is 0.341 e. The Morgan fingerprint density at radius 1 is 1.39 bits per heavy atom. The number of hydrogen-bond acceptors (Lipinski definition) is 4. The van der Waals surface area contributed by atoms with Crippen molar-refractivity contribution in [2.45, 2.75) is 33.2 Å². The fourth-order valence-corrected chi connectivity index (χ4v) is 3.71. The van der Waals surface area contributed by atoms with Gasteiger partial charge in [-0.05, 0) is 44.0 Å². The molecular formula is C21H19FN2O4. The van der Waals surface area contributed by atoms with Gasteiger partial charge in [0.25, 0.3) is 0 Å². The van der Waals surface area contributed by atoms with Crippen molar-refractivity contribution in [1.29, 1.82) is 0 Å². The molecule has 0 unspecified atom stereocenters. The highest BCUT2D eigenvalue weighted by molar-refractivity contribution is 5.98. The number of aromatic carboxylic acids is 1. The van der Waals surface area contributed by atoms with Crippen molar-refractivity contribution in [2.24, 2.45) is 0 Å². The van der Waals surface area contributed by atoms with Crippen molar-refractivity contribution in [1.82, 2.24) is 9.55 Å². The van der Waals surface area contributed by atoms with Crippen LogP contribution in [-0.4, -0.2) is 27.2 Å². The van der Waals surface area contributed by atoms with Crippen molar-refractivity contribution >= 4 is 16.9 Å². The number of aryl methyl sites for hydroxylation is 2. The van der Waals surface area contributed by atoms with E-state index in [2.05, 4.69) is 4.98 Å². The molecule has 0 saturated carbocycles. The van der Waals surface area contributed by atoms with E-state index >= 15 is 4.39 Å². The summed E-state index contributed by atoms with van der Waals surface area (Å²) in [4.78, 5) is 28.6. The third-order valence-corrected chi connectivity index (χ3v) is 5.05. The molecule has 7 heteroatoms. The van der Waals surface area contributed by atoms with E-state index in [1.807, 2.05) is 26.8 Å². The lowest BCUT2D eigenvalue weighted by Crippen LogP contribution is -2.27. The van der Waals surface area contributed by atoms with Gasteiger partial charge in [-0.15, -0.1) is 0 Å². The van der Waals surface area contributed by atoms with Gasteiger partial charge in [-0.2, -0.15) is 0 Å². The average molecular weight is 382 g/mol. The maximum atomic E-state index is 15.2. The molecule has 6 nitrogen and oxygen atoms in total. The summed E-state index contributed by atoms with van der Waals surface area (Å²) in [5.74, 6) is -1.71. The van der Waals surface area contributed by atoms with Gasteiger partial charge in [0.05, 0.1) is 22.5 Å². The van der Waals surface area contributed by atoms with Crippen LogP contribution >= 0.6 is 0 Å². The molecule has 0 radical (unpaired) electrons. The molecule has 1 aromatic carbocycles. The van der Waals surface area contributed by atoms with Gasteiger partial charge in [0, 0.05) is 17.6 Å². The molecule has 0 saturated heterocycles. The number of carboxylic acid groups (broad SMARTS) is 1. The first-order valence-electron chi connectivity index (χ1n) is 9.07. The molecular weight excluding hydrogens is 363 g/mol. The van der Waals surface area contributed by atoms with E-state index in [1.54, 1.807) is 10.6 Å². The number of carbonyl (C=O) groups is 1. The van der Waals surface area contributed by atoms with Crippen LogP contribution in [0.25, 0.3) is 22.0 Å². The Bertz CT molecular complexity index is 1200. The summed E-state index contributed by atoms with van der Waals surface area (Å²) in [6, 6.07) is 4.50. The molecule has 0 bridgehead atoms. The summed E-state index contributed by atoms with van der Waals surface area (Å²) in [6.07, 6.45) is 2.02. The van der Waals surface area contributed by atoms with Gasteiger partial charge in [0.1, 0.15) is 18.0 Å². The van der Waals surface area contributed by atoms with Gasteiger partial charge in [0.2, 0.25) is 5.43 Å². The smallest absolute Gasteiger partial charge is 0.341 e. The molecule has 0 aliphatic carbocycles. The molecule has 1 aliphatic heterocycles. The minimum Gasteiger partial charge on any atom is -0.488 e. The molecule has 28 heavy (non-hydrogen) atoms. The highest BCUT2D eigenvalue weighted by Gasteiger charge is 2.28. The van der Waals surface area contributed by atoms with E-state index in [0.717, 1.165) is 17.5 Å². The topological polar surface area (TPSA) is 81.4 Å². The van der Waals surface area contributed by atoms with E-state index in [4.69, 9.17) is 4.74 Å². The van der Waals surface area contributed by atoms with E-state index in [1.165, 1.54) is 6.20 Å². The van der Waals surface area contributed by atoms with E-state index in [9.17, 15) is 14.7 Å². The number of benzene rings is 1. The summed E-state index contributed by atoms with van der Waals surface area (Å²) in [7, 11) is 0. The predicted molar refractivity (Wildman–Crippen MR) is 103 cm³/mol. The average Bonchev–Trinajstić information content (AvgIpc) is 2.65. The van der Waals surface area contributed by atoms with Crippen LogP contribution in [0.3, 0.4) is 0 Å². The van der Waals surface area contributed by atoms with E-state index in [0.29, 0.717) is 17.5 Å². The lowest BCUT2D eigenvalue weighted by atomic mass is 9.98. The van der Waals surface area contributed by atoms with Crippen LogP contribution in [-0.2, 0) is 6.42 Å². The fourth-order valence-electron chi connectivity index (χ4n) is 3.71. The SMILES string of the molecule is CCc1cc(-c2c(F)cc3c(=O)c(C(=O)O)cn4c3c2OC[C@@H]4C)cc(C)n1. The van der Waals surface area contributed by atoms with Crippen LogP contribution in [0.15, 0.2) is 29.2 Å². The summed E-state index contributed by atoms with van der Waals surface area (Å²) in [6.45, 7) is 5.90. The molecule has 0 fully saturated rings. The van der Waals surface area contributed by atoms with Gasteiger partial charge in [0.15, 0.2) is 5.75 Å². The molecule has 1 aliphatic rings. The summed E-state index contributed by atoms with van der Waals surface area (Å²) >= 11 is 0. The number of carboxylic acids is 1. The molecule has 144 valence electrons. The van der Waals surface area contributed by atoms with Gasteiger partial charge in [-0.25, -0.2) is 9.18 Å². The zero-order valence-electron chi connectivity index (χ0n) is 15.7.